The highest BCUT2D eigenvalue weighted by atomic mass is 16.1. The second kappa shape index (κ2) is 8.53. The Morgan fingerprint density at radius 1 is 1.41 bits per heavy atom. The van der Waals surface area contributed by atoms with Crippen LogP contribution in [0, 0.1) is 5.92 Å². The van der Waals surface area contributed by atoms with E-state index in [0.29, 0.717) is 23.2 Å². The molecule has 7 nitrogen and oxygen atoms in total. The van der Waals surface area contributed by atoms with Crippen molar-refractivity contribution in [2.24, 2.45) is 11.7 Å². The zero-order chi connectivity index (χ0) is 15.8. The molecule has 1 amide bonds. The highest BCUT2D eigenvalue weighted by molar-refractivity contribution is 5.97. The number of aromatic nitrogens is 2. The summed E-state index contributed by atoms with van der Waals surface area (Å²) < 4.78 is 0. The van der Waals surface area contributed by atoms with E-state index in [2.05, 4.69) is 32.8 Å². The van der Waals surface area contributed by atoms with E-state index < -0.39 is 5.91 Å². The summed E-state index contributed by atoms with van der Waals surface area (Å²) in [5.41, 5.74) is 5.75. The van der Waals surface area contributed by atoms with Crippen LogP contribution in [0.3, 0.4) is 0 Å². The molecule has 0 atom stereocenters. The third-order valence-corrected chi connectivity index (χ3v) is 3.88. The van der Waals surface area contributed by atoms with Gasteiger partial charge in [-0.2, -0.15) is 4.98 Å². The molecular formula is C15H26N6O. The molecule has 22 heavy (non-hydrogen) atoms. The molecule has 1 aliphatic heterocycles. The first kappa shape index (κ1) is 16.5. The van der Waals surface area contributed by atoms with Crippen LogP contribution in [0.2, 0.25) is 0 Å². The highest BCUT2D eigenvalue weighted by Gasteiger charge is 2.16. The number of rotatable bonds is 8. The van der Waals surface area contributed by atoms with E-state index in [1.54, 1.807) is 0 Å². The number of hydrogen-bond donors (Lipinski definition) is 4. The maximum Gasteiger partial charge on any atom is 0.254 e. The predicted octanol–water partition coefficient (Wildman–Crippen LogP) is 1.20. The van der Waals surface area contributed by atoms with Crippen molar-refractivity contribution in [1.29, 1.82) is 0 Å². The van der Waals surface area contributed by atoms with Gasteiger partial charge in [0, 0.05) is 19.3 Å². The van der Waals surface area contributed by atoms with E-state index in [1.165, 1.54) is 6.20 Å². The van der Waals surface area contributed by atoms with Gasteiger partial charge in [-0.1, -0.05) is 13.3 Å². The zero-order valence-electron chi connectivity index (χ0n) is 13.2. The van der Waals surface area contributed by atoms with Crippen molar-refractivity contribution in [2.75, 3.05) is 36.8 Å². The largest absolute Gasteiger partial charge is 0.369 e. The Bertz CT molecular complexity index is 487. The highest BCUT2D eigenvalue weighted by Crippen LogP contribution is 2.17. The number of anilines is 2. The molecule has 5 N–H and O–H groups in total. The van der Waals surface area contributed by atoms with E-state index in [0.717, 1.165) is 51.9 Å². The third-order valence-electron chi connectivity index (χ3n) is 3.88. The summed E-state index contributed by atoms with van der Waals surface area (Å²) in [7, 11) is 0. The van der Waals surface area contributed by atoms with Gasteiger partial charge in [0.2, 0.25) is 5.95 Å². The van der Waals surface area contributed by atoms with Gasteiger partial charge in [-0.25, -0.2) is 4.98 Å². The standard InChI is InChI=1S/C15H26N6O/c1-2-3-6-18-15-20-10-12(13(16)22)14(21-15)19-9-11-4-7-17-8-5-11/h10-11,17H,2-9H2,1H3,(H2,16,22)(H2,18,19,20,21). The Hall–Kier alpha value is -1.89. The minimum atomic E-state index is -0.507. The normalized spacial score (nSPS) is 15.5. The SMILES string of the molecule is CCCCNc1ncc(C(N)=O)c(NCC2CCNCC2)n1. The summed E-state index contributed by atoms with van der Waals surface area (Å²) in [6.45, 7) is 5.84. The number of unbranched alkanes of at least 4 members (excludes halogenated alkanes) is 1. The van der Waals surface area contributed by atoms with Crippen molar-refractivity contribution < 1.29 is 4.79 Å². The summed E-state index contributed by atoms with van der Waals surface area (Å²) in [5.74, 6) is 1.15. The van der Waals surface area contributed by atoms with Crippen molar-refractivity contribution >= 4 is 17.7 Å². The van der Waals surface area contributed by atoms with E-state index in [4.69, 9.17) is 5.73 Å². The molecule has 1 fully saturated rings. The third kappa shape index (κ3) is 4.84. The Kier molecular flexibility index (Phi) is 6.39. The molecule has 0 bridgehead atoms. The van der Waals surface area contributed by atoms with Gasteiger partial charge in [-0.05, 0) is 38.3 Å². The minimum Gasteiger partial charge on any atom is -0.369 e. The Balaban J connectivity index is 2.01. The molecular weight excluding hydrogens is 280 g/mol. The molecule has 7 heteroatoms. The fraction of sp³-hybridized carbons (Fsp3) is 0.667. The van der Waals surface area contributed by atoms with Gasteiger partial charge < -0.3 is 21.7 Å². The summed E-state index contributed by atoms with van der Waals surface area (Å²) in [4.78, 5) is 20.1. The van der Waals surface area contributed by atoms with Gasteiger partial charge in [0.15, 0.2) is 0 Å². The van der Waals surface area contributed by atoms with Crippen molar-refractivity contribution in [3.8, 4) is 0 Å². The zero-order valence-corrected chi connectivity index (χ0v) is 13.2. The van der Waals surface area contributed by atoms with Crippen molar-refractivity contribution in [2.45, 2.75) is 32.6 Å². The smallest absolute Gasteiger partial charge is 0.254 e. The molecule has 0 aromatic carbocycles. The lowest BCUT2D eigenvalue weighted by atomic mass is 9.98. The molecule has 0 radical (unpaired) electrons. The fourth-order valence-electron chi connectivity index (χ4n) is 2.49. The summed E-state index contributed by atoms with van der Waals surface area (Å²) in [6, 6.07) is 0. The number of nitrogens with two attached hydrogens (primary N) is 1. The first-order valence-electron chi connectivity index (χ1n) is 8.06. The second-order valence-corrected chi connectivity index (χ2v) is 5.67. The maximum atomic E-state index is 11.5. The predicted molar refractivity (Wildman–Crippen MR) is 88.0 cm³/mol. The number of piperidine rings is 1. The van der Waals surface area contributed by atoms with Crippen LogP contribution in [0.5, 0.6) is 0 Å². The molecule has 2 rings (SSSR count). The number of primary amides is 1. The number of hydrogen-bond acceptors (Lipinski definition) is 6. The first-order valence-corrected chi connectivity index (χ1v) is 8.06. The van der Waals surface area contributed by atoms with E-state index in [-0.39, 0.29) is 0 Å². The van der Waals surface area contributed by atoms with Crippen molar-refractivity contribution in [3.05, 3.63) is 11.8 Å². The van der Waals surface area contributed by atoms with Crippen LogP contribution in [0.4, 0.5) is 11.8 Å². The minimum absolute atomic E-state index is 0.343. The molecule has 0 saturated carbocycles. The van der Waals surface area contributed by atoms with Crippen LogP contribution in [0.15, 0.2) is 6.20 Å². The van der Waals surface area contributed by atoms with E-state index in [1.807, 2.05) is 0 Å². The van der Waals surface area contributed by atoms with Crippen LogP contribution in [-0.4, -0.2) is 42.1 Å². The molecule has 1 aliphatic rings. The number of nitrogens with one attached hydrogen (secondary N) is 3. The van der Waals surface area contributed by atoms with E-state index >= 15 is 0 Å². The van der Waals surface area contributed by atoms with Crippen LogP contribution in [0.25, 0.3) is 0 Å². The summed E-state index contributed by atoms with van der Waals surface area (Å²) in [6.07, 6.45) is 5.91. The number of nitrogens with zero attached hydrogens (tertiary/aromatic N) is 2. The monoisotopic (exact) mass is 306 g/mol. The van der Waals surface area contributed by atoms with Gasteiger partial charge in [0.05, 0.1) is 5.56 Å². The lowest BCUT2D eigenvalue weighted by Crippen LogP contribution is -2.31. The van der Waals surface area contributed by atoms with Crippen molar-refractivity contribution in [3.63, 3.8) is 0 Å². The fourth-order valence-corrected chi connectivity index (χ4v) is 2.49. The number of carbonyl (C=O) groups excluding carboxylic acids is 1. The van der Waals surface area contributed by atoms with Crippen LogP contribution in [-0.2, 0) is 0 Å². The Labute approximate surface area is 131 Å². The van der Waals surface area contributed by atoms with Gasteiger partial charge >= 0.3 is 0 Å². The molecule has 1 saturated heterocycles. The lowest BCUT2D eigenvalue weighted by molar-refractivity contribution is 0.100. The van der Waals surface area contributed by atoms with Gasteiger partial charge in [0.25, 0.3) is 5.91 Å². The molecule has 2 heterocycles. The maximum absolute atomic E-state index is 11.5. The molecule has 1 aromatic heterocycles. The van der Waals surface area contributed by atoms with Gasteiger partial charge in [-0.3, -0.25) is 4.79 Å². The quantitative estimate of drug-likeness (QED) is 0.538. The van der Waals surface area contributed by atoms with Crippen LogP contribution < -0.4 is 21.7 Å². The molecule has 0 aliphatic carbocycles. The van der Waals surface area contributed by atoms with Gasteiger partial charge in [-0.15, -0.1) is 0 Å². The molecule has 0 spiro atoms. The Morgan fingerprint density at radius 3 is 2.86 bits per heavy atom. The van der Waals surface area contributed by atoms with Crippen LogP contribution >= 0.6 is 0 Å². The Morgan fingerprint density at radius 2 is 2.18 bits per heavy atom. The lowest BCUT2D eigenvalue weighted by Gasteiger charge is -2.23. The topological polar surface area (TPSA) is 105 Å². The first-order chi connectivity index (χ1) is 10.7. The number of carbonyl (C=O) groups is 1. The van der Waals surface area contributed by atoms with Crippen LogP contribution in [0.1, 0.15) is 43.0 Å². The van der Waals surface area contributed by atoms with Gasteiger partial charge in [0.1, 0.15) is 5.82 Å². The average Bonchev–Trinajstić information content (AvgIpc) is 2.54. The average molecular weight is 306 g/mol. The number of amides is 1. The van der Waals surface area contributed by atoms with E-state index in [9.17, 15) is 4.79 Å². The second-order valence-electron chi connectivity index (χ2n) is 5.67. The molecule has 122 valence electrons. The summed E-state index contributed by atoms with van der Waals surface area (Å²) >= 11 is 0. The van der Waals surface area contributed by atoms with Crippen molar-refractivity contribution in [1.82, 2.24) is 15.3 Å². The summed E-state index contributed by atoms with van der Waals surface area (Å²) in [5, 5.41) is 9.78. The molecule has 0 unspecified atom stereocenters. The molecule has 1 aromatic rings.